The number of halogens is 1. The summed E-state index contributed by atoms with van der Waals surface area (Å²) < 4.78 is 10.9. The molecule has 1 aromatic rings. The Labute approximate surface area is 99.7 Å². The van der Waals surface area contributed by atoms with Gasteiger partial charge in [-0.2, -0.15) is 0 Å². The molecule has 2 aliphatic heterocycles. The second-order valence-corrected chi connectivity index (χ2v) is 4.69. The molecule has 2 aliphatic rings. The van der Waals surface area contributed by atoms with Gasteiger partial charge in [-0.1, -0.05) is 11.6 Å². The molecule has 1 N–H and O–H groups in total. The van der Waals surface area contributed by atoms with Crippen molar-refractivity contribution in [3.63, 3.8) is 0 Å². The molecule has 0 radical (unpaired) electrons. The van der Waals surface area contributed by atoms with Crippen molar-refractivity contribution in [2.75, 3.05) is 19.9 Å². The van der Waals surface area contributed by atoms with E-state index in [1.807, 2.05) is 12.1 Å². The number of nitrogens with one attached hydrogen (secondary N) is 1. The summed E-state index contributed by atoms with van der Waals surface area (Å²) in [4.78, 5) is 0. The highest BCUT2D eigenvalue weighted by molar-refractivity contribution is 6.30. The summed E-state index contributed by atoms with van der Waals surface area (Å²) >= 11 is 6.10. The van der Waals surface area contributed by atoms with Gasteiger partial charge in [0.1, 0.15) is 0 Å². The van der Waals surface area contributed by atoms with Crippen LogP contribution in [0.2, 0.25) is 5.02 Å². The number of fused-ring (bicyclic) bond motifs is 1. The zero-order valence-corrected chi connectivity index (χ0v) is 9.72. The molecule has 3 nitrogen and oxygen atoms in total. The van der Waals surface area contributed by atoms with Gasteiger partial charge in [0.25, 0.3) is 0 Å². The van der Waals surface area contributed by atoms with E-state index in [1.54, 1.807) is 0 Å². The molecular formula is C12H14ClNO2. The Hall–Kier alpha value is -0.930. The van der Waals surface area contributed by atoms with E-state index in [0.717, 1.165) is 42.5 Å². The van der Waals surface area contributed by atoms with E-state index in [2.05, 4.69) is 5.32 Å². The van der Waals surface area contributed by atoms with Gasteiger partial charge in [0.05, 0.1) is 0 Å². The number of ether oxygens (including phenoxy) is 2. The molecule has 0 aliphatic carbocycles. The van der Waals surface area contributed by atoms with Gasteiger partial charge in [0.15, 0.2) is 11.5 Å². The molecule has 0 bridgehead atoms. The van der Waals surface area contributed by atoms with E-state index >= 15 is 0 Å². The number of rotatable bonds is 1. The molecule has 3 rings (SSSR count). The Morgan fingerprint density at radius 1 is 1.19 bits per heavy atom. The maximum Gasteiger partial charge on any atom is 0.231 e. The van der Waals surface area contributed by atoms with Gasteiger partial charge >= 0.3 is 0 Å². The molecule has 1 aromatic carbocycles. The van der Waals surface area contributed by atoms with Crippen LogP contribution in [0.5, 0.6) is 11.5 Å². The quantitative estimate of drug-likeness (QED) is 0.817. The molecule has 86 valence electrons. The van der Waals surface area contributed by atoms with Crippen molar-refractivity contribution < 1.29 is 9.47 Å². The van der Waals surface area contributed by atoms with Crippen LogP contribution in [0, 0.1) is 0 Å². The van der Waals surface area contributed by atoms with Gasteiger partial charge in [-0.05, 0) is 37.9 Å². The van der Waals surface area contributed by atoms with Crippen LogP contribution in [0.25, 0.3) is 0 Å². The van der Waals surface area contributed by atoms with Gasteiger partial charge < -0.3 is 14.8 Å². The van der Waals surface area contributed by atoms with E-state index in [0.29, 0.717) is 12.7 Å². The third-order valence-corrected chi connectivity index (χ3v) is 3.46. The highest BCUT2D eigenvalue weighted by atomic mass is 35.5. The summed E-state index contributed by atoms with van der Waals surface area (Å²) in [5.41, 5.74) is 1.21. The molecule has 0 atom stereocenters. The lowest BCUT2D eigenvalue weighted by molar-refractivity contribution is 0.172. The van der Waals surface area contributed by atoms with Gasteiger partial charge in [-0.3, -0.25) is 0 Å². The molecule has 4 heteroatoms. The molecule has 0 unspecified atom stereocenters. The maximum absolute atomic E-state index is 6.10. The van der Waals surface area contributed by atoms with Gasteiger partial charge in [0, 0.05) is 16.7 Å². The standard InChI is InChI=1S/C12H14ClNO2/c13-9-5-10(8-1-3-14-4-2-8)12-11(6-9)15-7-16-12/h5-6,8,14H,1-4,7H2. The Bertz CT molecular complexity index is 402. The van der Waals surface area contributed by atoms with E-state index in [-0.39, 0.29) is 0 Å². The monoisotopic (exact) mass is 239 g/mol. The number of hydrogen-bond donors (Lipinski definition) is 1. The van der Waals surface area contributed by atoms with Crippen molar-refractivity contribution in [1.29, 1.82) is 0 Å². The third-order valence-electron chi connectivity index (χ3n) is 3.25. The summed E-state index contributed by atoms with van der Waals surface area (Å²) in [7, 11) is 0. The Balaban J connectivity index is 1.99. The fourth-order valence-electron chi connectivity index (χ4n) is 2.44. The van der Waals surface area contributed by atoms with Gasteiger partial charge in [-0.25, -0.2) is 0 Å². The first-order valence-corrected chi connectivity index (χ1v) is 6.02. The molecule has 0 aromatic heterocycles. The smallest absolute Gasteiger partial charge is 0.231 e. The highest BCUT2D eigenvalue weighted by Crippen LogP contribution is 2.43. The fourth-order valence-corrected chi connectivity index (χ4v) is 2.66. The zero-order valence-electron chi connectivity index (χ0n) is 8.96. The number of piperidine rings is 1. The van der Waals surface area contributed by atoms with E-state index in [4.69, 9.17) is 21.1 Å². The van der Waals surface area contributed by atoms with Crippen LogP contribution < -0.4 is 14.8 Å². The number of benzene rings is 1. The minimum absolute atomic E-state index is 0.313. The van der Waals surface area contributed by atoms with Crippen molar-refractivity contribution in [1.82, 2.24) is 5.32 Å². The molecule has 0 saturated carbocycles. The zero-order chi connectivity index (χ0) is 11.0. The molecule has 1 fully saturated rings. The first-order chi connectivity index (χ1) is 7.84. The largest absolute Gasteiger partial charge is 0.454 e. The first-order valence-electron chi connectivity index (χ1n) is 5.64. The normalized spacial score (nSPS) is 20.1. The highest BCUT2D eigenvalue weighted by Gasteiger charge is 2.25. The van der Waals surface area contributed by atoms with Gasteiger partial charge in [0.2, 0.25) is 6.79 Å². The lowest BCUT2D eigenvalue weighted by Gasteiger charge is -2.24. The van der Waals surface area contributed by atoms with Crippen LogP contribution in [0.15, 0.2) is 12.1 Å². The van der Waals surface area contributed by atoms with Crippen molar-refractivity contribution in [2.45, 2.75) is 18.8 Å². The van der Waals surface area contributed by atoms with Crippen LogP contribution in [0.1, 0.15) is 24.3 Å². The minimum Gasteiger partial charge on any atom is -0.454 e. The predicted octanol–water partition coefficient (Wildman–Crippen LogP) is 2.54. The van der Waals surface area contributed by atoms with Crippen molar-refractivity contribution in [2.24, 2.45) is 0 Å². The third kappa shape index (κ3) is 1.74. The van der Waals surface area contributed by atoms with Crippen molar-refractivity contribution >= 4 is 11.6 Å². The fraction of sp³-hybridized carbons (Fsp3) is 0.500. The molecular weight excluding hydrogens is 226 g/mol. The van der Waals surface area contributed by atoms with Crippen LogP contribution in [-0.4, -0.2) is 19.9 Å². The van der Waals surface area contributed by atoms with Crippen LogP contribution in [-0.2, 0) is 0 Å². The van der Waals surface area contributed by atoms with E-state index in [9.17, 15) is 0 Å². The van der Waals surface area contributed by atoms with Crippen molar-refractivity contribution in [3.05, 3.63) is 22.7 Å². The predicted molar refractivity (Wildman–Crippen MR) is 62.4 cm³/mol. The second kappa shape index (κ2) is 4.15. The summed E-state index contributed by atoms with van der Waals surface area (Å²) in [6.45, 7) is 2.44. The van der Waals surface area contributed by atoms with Crippen LogP contribution in [0.3, 0.4) is 0 Å². The average molecular weight is 240 g/mol. The summed E-state index contributed by atoms with van der Waals surface area (Å²) in [5, 5.41) is 4.10. The Morgan fingerprint density at radius 3 is 2.81 bits per heavy atom. The summed E-state index contributed by atoms with van der Waals surface area (Å²) in [5.74, 6) is 2.23. The molecule has 0 amide bonds. The Morgan fingerprint density at radius 2 is 2.00 bits per heavy atom. The van der Waals surface area contributed by atoms with Crippen LogP contribution >= 0.6 is 11.6 Å². The Kier molecular flexibility index (Phi) is 2.65. The maximum atomic E-state index is 6.10. The summed E-state index contributed by atoms with van der Waals surface area (Å²) in [6, 6.07) is 3.85. The van der Waals surface area contributed by atoms with Gasteiger partial charge in [-0.15, -0.1) is 0 Å². The summed E-state index contributed by atoms with van der Waals surface area (Å²) in [6.07, 6.45) is 2.27. The SMILES string of the molecule is Clc1cc2c(c(C3CCNCC3)c1)OCO2. The lowest BCUT2D eigenvalue weighted by atomic mass is 9.89. The second-order valence-electron chi connectivity index (χ2n) is 4.25. The molecule has 1 saturated heterocycles. The topological polar surface area (TPSA) is 30.5 Å². The molecule has 2 heterocycles. The average Bonchev–Trinajstić information content (AvgIpc) is 2.77. The molecule has 16 heavy (non-hydrogen) atoms. The van der Waals surface area contributed by atoms with E-state index in [1.165, 1.54) is 5.56 Å². The van der Waals surface area contributed by atoms with Crippen LogP contribution in [0.4, 0.5) is 0 Å². The lowest BCUT2D eigenvalue weighted by Crippen LogP contribution is -2.26. The molecule has 0 spiro atoms. The van der Waals surface area contributed by atoms with Crippen molar-refractivity contribution in [3.8, 4) is 11.5 Å². The minimum atomic E-state index is 0.313. The first kappa shape index (κ1) is 10.2. The number of hydrogen-bond acceptors (Lipinski definition) is 3. The van der Waals surface area contributed by atoms with E-state index < -0.39 is 0 Å².